The molecule has 0 aliphatic carbocycles. The van der Waals surface area contributed by atoms with Crippen LogP contribution in [0.25, 0.3) is 6.08 Å². The third-order valence-electron chi connectivity index (χ3n) is 3.52. The standard InChI is InChI=1S/C20H16N2O3/c21-14-16(8-4-7-15-5-2-1-3-6-15)20(23)22-17-9-10-18-19(13-17)25-12-11-24-18/h1-10,13H,11-12H2,(H,22,23)/b7-4+,16-8+. The van der Waals surface area contributed by atoms with Gasteiger partial charge in [-0.2, -0.15) is 5.26 Å². The molecule has 0 radical (unpaired) electrons. The first-order valence-corrected chi connectivity index (χ1v) is 7.81. The van der Waals surface area contributed by atoms with E-state index in [1.165, 1.54) is 6.08 Å². The summed E-state index contributed by atoms with van der Waals surface area (Å²) in [4.78, 5) is 12.2. The van der Waals surface area contributed by atoms with Crippen LogP contribution in [-0.4, -0.2) is 19.1 Å². The topological polar surface area (TPSA) is 71.4 Å². The zero-order valence-electron chi connectivity index (χ0n) is 13.4. The molecule has 2 aromatic carbocycles. The number of rotatable bonds is 4. The number of nitriles is 1. The summed E-state index contributed by atoms with van der Waals surface area (Å²) in [5.74, 6) is 0.749. The second-order valence-electron chi connectivity index (χ2n) is 5.27. The lowest BCUT2D eigenvalue weighted by molar-refractivity contribution is -0.112. The summed E-state index contributed by atoms with van der Waals surface area (Å²) in [6, 6.07) is 16.7. The van der Waals surface area contributed by atoms with Gasteiger partial charge in [-0.15, -0.1) is 0 Å². The van der Waals surface area contributed by atoms with Gasteiger partial charge in [0, 0.05) is 11.8 Å². The molecule has 0 spiro atoms. The first-order valence-electron chi connectivity index (χ1n) is 7.81. The molecule has 1 N–H and O–H groups in total. The van der Waals surface area contributed by atoms with Gasteiger partial charge in [0.2, 0.25) is 0 Å². The predicted molar refractivity (Wildman–Crippen MR) is 95.2 cm³/mol. The second-order valence-corrected chi connectivity index (χ2v) is 5.27. The number of nitrogens with zero attached hydrogens (tertiary/aromatic N) is 1. The van der Waals surface area contributed by atoms with Gasteiger partial charge in [-0.1, -0.05) is 42.5 Å². The molecule has 0 bridgehead atoms. The third-order valence-corrected chi connectivity index (χ3v) is 3.52. The molecule has 1 heterocycles. The number of amides is 1. The summed E-state index contributed by atoms with van der Waals surface area (Å²) < 4.78 is 10.9. The van der Waals surface area contributed by atoms with Crippen LogP contribution in [0.2, 0.25) is 0 Å². The number of carbonyl (C=O) groups is 1. The molecule has 5 nitrogen and oxygen atoms in total. The number of carbonyl (C=O) groups excluding carboxylic acids is 1. The van der Waals surface area contributed by atoms with Gasteiger partial charge in [-0.25, -0.2) is 0 Å². The Morgan fingerprint density at radius 2 is 1.84 bits per heavy atom. The van der Waals surface area contributed by atoms with Crippen molar-refractivity contribution in [1.82, 2.24) is 0 Å². The van der Waals surface area contributed by atoms with Gasteiger partial charge < -0.3 is 14.8 Å². The number of hydrogen-bond acceptors (Lipinski definition) is 4. The normalized spacial score (nSPS) is 13.3. The summed E-state index contributed by atoms with van der Waals surface area (Å²) >= 11 is 0. The lowest BCUT2D eigenvalue weighted by Crippen LogP contribution is -2.17. The predicted octanol–water partition coefficient (Wildman–Crippen LogP) is 3.56. The molecule has 0 fully saturated rings. The lowest BCUT2D eigenvalue weighted by atomic mass is 10.2. The van der Waals surface area contributed by atoms with Gasteiger partial charge in [0.1, 0.15) is 24.9 Å². The fraction of sp³-hybridized carbons (Fsp3) is 0.100. The first-order chi connectivity index (χ1) is 12.3. The summed E-state index contributed by atoms with van der Waals surface area (Å²) in [7, 11) is 0. The molecule has 2 aromatic rings. The molecule has 25 heavy (non-hydrogen) atoms. The first kappa shape index (κ1) is 16.3. The molecule has 0 saturated carbocycles. The van der Waals surface area contributed by atoms with E-state index in [1.807, 2.05) is 42.5 Å². The molecule has 0 saturated heterocycles. The van der Waals surface area contributed by atoms with Crippen molar-refractivity contribution in [2.45, 2.75) is 0 Å². The van der Waals surface area contributed by atoms with Crippen LogP contribution >= 0.6 is 0 Å². The molecular weight excluding hydrogens is 316 g/mol. The quantitative estimate of drug-likeness (QED) is 0.528. The van der Waals surface area contributed by atoms with Gasteiger partial charge in [-0.3, -0.25) is 4.79 Å². The minimum absolute atomic E-state index is 0.0158. The maximum Gasteiger partial charge on any atom is 0.266 e. The molecular formula is C20H16N2O3. The van der Waals surface area contributed by atoms with Crippen LogP contribution in [0.1, 0.15) is 5.56 Å². The van der Waals surface area contributed by atoms with Gasteiger partial charge in [0.05, 0.1) is 0 Å². The van der Waals surface area contributed by atoms with Crippen molar-refractivity contribution in [1.29, 1.82) is 5.26 Å². The number of allylic oxidation sites excluding steroid dienone is 2. The number of hydrogen-bond donors (Lipinski definition) is 1. The minimum atomic E-state index is -0.475. The number of benzene rings is 2. The SMILES string of the molecule is N#C/C(=C\C=C\c1ccccc1)C(=O)Nc1ccc2c(c1)OCCO2. The highest BCUT2D eigenvalue weighted by Gasteiger charge is 2.14. The summed E-state index contributed by atoms with van der Waals surface area (Å²) in [6.07, 6.45) is 4.99. The molecule has 124 valence electrons. The maximum absolute atomic E-state index is 12.2. The van der Waals surface area contributed by atoms with E-state index < -0.39 is 5.91 Å². The Bertz CT molecular complexity index is 864. The lowest BCUT2D eigenvalue weighted by Gasteiger charge is -2.18. The number of fused-ring (bicyclic) bond motifs is 1. The van der Waals surface area contributed by atoms with E-state index >= 15 is 0 Å². The number of anilines is 1. The van der Waals surface area contributed by atoms with Crippen LogP contribution in [0, 0.1) is 11.3 Å². The van der Waals surface area contributed by atoms with E-state index in [4.69, 9.17) is 9.47 Å². The van der Waals surface area contributed by atoms with Crippen molar-refractivity contribution in [3.8, 4) is 17.6 Å². The average Bonchev–Trinajstić information content (AvgIpc) is 2.66. The summed E-state index contributed by atoms with van der Waals surface area (Å²) in [5.41, 5.74) is 1.55. The van der Waals surface area contributed by atoms with Gasteiger partial charge >= 0.3 is 0 Å². The highest BCUT2D eigenvalue weighted by atomic mass is 16.6. The fourth-order valence-corrected chi connectivity index (χ4v) is 2.30. The van der Waals surface area contributed by atoms with Gasteiger partial charge in [-0.05, 0) is 23.8 Å². The molecule has 5 heteroatoms. The monoisotopic (exact) mass is 332 g/mol. The van der Waals surface area contributed by atoms with Crippen molar-refractivity contribution in [2.24, 2.45) is 0 Å². The fourth-order valence-electron chi connectivity index (χ4n) is 2.30. The molecule has 3 rings (SSSR count). The molecule has 0 unspecified atom stereocenters. The Morgan fingerprint density at radius 1 is 1.08 bits per heavy atom. The van der Waals surface area contributed by atoms with Crippen LogP contribution in [0.5, 0.6) is 11.5 Å². The summed E-state index contributed by atoms with van der Waals surface area (Å²) in [6.45, 7) is 0.978. The van der Waals surface area contributed by atoms with Crippen LogP contribution in [0.3, 0.4) is 0 Å². The van der Waals surface area contributed by atoms with E-state index in [0.29, 0.717) is 30.4 Å². The van der Waals surface area contributed by atoms with E-state index in [9.17, 15) is 10.1 Å². The van der Waals surface area contributed by atoms with Gasteiger partial charge in [0.25, 0.3) is 5.91 Å². The van der Waals surface area contributed by atoms with Crippen LogP contribution < -0.4 is 14.8 Å². The van der Waals surface area contributed by atoms with Crippen LogP contribution in [0.15, 0.2) is 66.3 Å². The number of ether oxygens (including phenoxy) is 2. The second kappa shape index (κ2) is 7.84. The zero-order chi connectivity index (χ0) is 17.5. The van der Waals surface area contributed by atoms with E-state index in [-0.39, 0.29) is 5.57 Å². The zero-order valence-corrected chi connectivity index (χ0v) is 13.4. The Balaban J connectivity index is 1.69. The molecule has 1 aliphatic heterocycles. The Morgan fingerprint density at radius 3 is 2.60 bits per heavy atom. The Kier molecular flexibility index (Phi) is 5.13. The van der Waals surface area contributed by atoms with Gasteiger partial charge in [0.15, 0.2) is 11.5 Å². The number of nitrogens with one attached hydrogen (secondary N) is 1. The summed E-state index contributed by atoms with van der Waals surface area (Å²) in [5, 5.41) is 11.9. The molecule has 0 aromatic heterocycles. The van der Waals surface area contributed by atoms with Crippen LogP contribution in [-0.2, 0) is 4.79 Å². The van der Waals surface area contributed by atoms with Crippen molar-refractivity contribution in [3.05, 3.63) is 71.8 Å². The van der Waals surface area contributed by atoms with E-state index in [2.05, 4.69) is 5.32 Å². The largest absolute Gasteiger partial charge is 0.486 e. The molecule has 1 aliphatic rings. The smallest absolute Gasteiger partial charge is 0.266 e. The highest BCUT2D eigenvalue weighted by molar-refractivity contribution is 6.06. The van der Waals surface area contributed by atoms with E-state index in [0.717, 1.165) is 5.56 Å². The Hall–Kier alpha value is -3.52. The average molecular weight is 332 g/mol. The van der Waals surface area contributed by atoms with Crippen molar-refractivity contribution in [3.63, 3.8) is 0 Å². The Labute approximate surface area is 145 Å². The maximum atomic E-state index is 12.2. The highest BCUT2D eigenvalue weighted by Crippen LogP contribution is 2.32. The van der Waals surface area contributed by atoms with E-state index in [1.54, 1.807) is 24.3 Å². The van der Waals surface area contributed by atoms with Crippen molar-refractivity contribution >= 4 is 17.7 Å². The van der Waals surface area contributed by atoms with Crippen LogP contribution in [0.4, 0.5) is 5.69 Å². The van der Waals surface area contributed by atoms with Crippen molar-refractivity contribution < 1.29 is 14.3 Å². The molecule has 0 atom stereocenters. The van der Waals surface area contributed by atoms with Crippen molar-refractivity contribution in [2.75, 3.05) is 18.5 Å². The minimum Gasteiger partial charge on any atom is -0.486 e. The third kappa shape index (κ3) is 4.27. The molecule has 1 amide bonds.